The summed E-state index contributed by atoms with van der Waals surface area (Å²) in [6, 6.07) is 11.7. The summed E-state index contributed by atoms with van der Waals surface area (Å²) in [5.74, 6) is 1.70. The summed E-state index contributed by atoms with van der Waals surface area (Å²) >= 11 is 0. The third-order valence-electron chi connectivity index (χ3n) is 5.40. The van der Waals surface area contributed by atoms with E-state index in [-0.39, 0.29) is 5.78 Å². The zero-order valence-electron chi connectivity index (χ0n) is 14.2. The predicted molar refractivity (Wildman–Crippen MR) is 94.5 cm³/mol. The molecule has 0 aromatic heterocycles. The lowest BCUT2D eigenvalue weighted by molar-refractivity contribution is 0.102. The van der Waals surface area contributed by atoms with Crippen molar-refractivity contribution < 1.29 is 14.3 Å². The Labute approximate surface area is 142 Å². The third kappa shape index (κ3) is 2.06. The number of piperidine rings is 1. The maximum Gasteiger partial charge on any atom is 0.205 e. The smallest absolute Gasteiger partial charge is 0.205 e. The minimum Gasteiger partial charge on any atom is -0.497 e. The van der Waals surface area contributed by atoms with Crippen LogP contribution >= 0.6 is 0 Å². The van der Waals surface area contributed by atoms with Crippen LogP contribution < -0.4 is 14.0 Å². The highest BCUT2D eigenvalue weighted by Crippen LogP contribution is 2.49. The molecule has 0 amide bonds. The van der Waals surface area contributed by atoms with Crippen LogP contribution in [0, 0.1) is 0 Å². The van der Waals surface area contributed by atoms with E-state index in [0.29, 0.717) is 0 Å². The Morgan fingerprint density at radius 1 is 0.792 bits per heavy atom. The number of carbonyl (C=O) groups is 1. The van der Waals surface area contributed by atoms with Gasteiger partial charge in [-0.05, 0) is 43.5 Å². The van der Waals surface area contributed by atoms with Crippen molar-refractivity contribution in [2.75, 3.05) is 27.3 Å². The Hall–Kier alpha value is -2.33. The standard InChI is InChI=1S/C20H22NO3/c1-23-14-6-8-16-18(12-14)21(10-4-3-5-11-21)19-13-15(24-2)7-9-17(19)20(16)22/h6-9,12-13H,3-5,10-11H2,1-2H3/q+1. The molecular weight excluding hydrogens is 302 g/mol. The van der Waals surface area contributed by atoms with E-state index < -0.39 is 0 Å². The second-order valence-electron chi connectivity index (χ2n) is 6.57. The Kier molecular flexibility index (Phi) is 3.57. The van der Waals surface area contributed by atoms with Gasteiger partial charge < -0.3 is 9.47 Å². The highest BCUT2D eigenvalue weighted by molar-refractivity contribution is 6.18. The van der Waals surface area contributed by atoms with Crippen LogP contribution in [0.1, 0.15) is 35.2 Å². The molecule has 1 fully saturated rings. The molecule has 24 heavy (non-hydrogen) atoms. The zero-order chi connectivity index (χ0) is 16.7. The average molecular weight is 324 g/mol. The summed E-state index contributed by atoms with van der Waals surface area (Å²) in [5, 5.41) is 0. The van der Waals surface area contributed by atoms with E-state index in [1.165, 1.54) is 6.42 Å². The molecule has 1 saturated heterocycles. The number of hydrogen-bond acceptors (Lipinski definition) is 3. The van der Waals surface area contributed by atoms with Gasteiger partial charge in [0.25, 0.3) is 0 Å². The first-order valence-electron chi connectivity index (χ1n) is 8.48. The van der Waals surface area contributed by atoms with Crippen LogP contribution in [-0.4, -0.2) is 33.1 Å². The van der Waals surface area contributed by atoms with Gasteiger partial charge >= 0.3 is 0 Å². The fourth-order valence-corrected chi connectivity index (χ4v) is 4.18. The molecule has 4 rings (SSSR count). The molecule has 2 aromatic carbocycles. The molecule has 0 N–H and O–H groups in total. The molecule has 4 heteroatoms. The molecular formula is C20H22NO3+. The normalized spacial score (nSPS) is 18.0. The van der Waals surface area contributed by atoms with E-state index in [4.69, 9.17) is 9.47 Å². The van der Waals surface area contributed by atoms with Gasteiger partial charge in [-0.3, -0.25) is 9.28 Å². The van der Waals surface area contributed by atoms with Crippen molar-refractivity contribution in [1.29, 1.82) is 0 Å². The van der Waals surface area contributed by atoms with E-state index in [2.05, 4.69) is 0 Å². The maximum absolute atomic E-state index is 13.0. The number of quaternary nitrogens is 1. The zero-order valence-corrected chi connectivity index (χ0v) is 14.2. The molecule has 4 nitrogen and oxygen atoms in total. The Bertz CT molecular complexity index is 747. The van der Waals surface area contributed by atoms with Gasteiger partial charge in [-0.1, -0.05) is 0 Å². The fraction of sp³-hybridized carbons (Fsp3) is 0.350. The summed E-state index contributed by atoms with van der Waals surface area (Å²) in [7, 11) is 3.34. The van der Waals surface area contributed by atoms with Gasteiger partial charge in [-0.15, -0.1) is 0 Å². The van der Waals surface area contributed by atoms with Crippen molar-refractivity contribution in [3.63, 3.8) is 0 Å². The Morgan fingerprint density at radius 3 is 1.75 bits per heavy atom. The molecule has 2 aromatic rings. The largest absolute Gasteiger partial charge is 0.497 e. The molecule has 1 spiro atoms. The van der Waals surface area contributed by atoms with Gasteiger partial charge in [0.1, 0.15) is 11.5 Å². The molecule has 0 unspecified atom stereocenters. The maximum atomic E-state index is 13.0. The number of ether oxygens (including phenoxy) is 2. The van der Waals surface area contributed by atoms with Crippen molar-refractivity contribution in [2.24, 2.45) is 0 Å². The molecule has 0 atom stereocenters. The van der Waals surface area contributed by atoms with Crippen LogP contribution in [0.25, 0.3) is 0 Å². The lowest BCUT2D eigenvalue weighted by atomic mass is 9.89. The number of ketones is 1. The van der Waals surface area contributed by atoms with E-state index in [1.54, 1.807) is 14.2 Å². The van der Waals surface area contributed by atoms with Crippen molar-refractivity contribution in [1.82, 2.24) is 4.48 Å². The minimum absolute atomic E-state index is 0.0969. The molecule has 124 valence electrons. The average Bonchev–Trinajstić information content (AvgIpc) is 2.66. The first-order chi connectivity index (χ1) is 11.7. The highest BCUT2D eigenvalue weighted by Gasteiger charge is 2.45. The van der Waals surface area contributed by atoms with Crippen LogP contribution in [0.15, 0.2) is 36.4 Å². The van der Waals surface area contributed by atoms with Crippen molar-refractivity contribution in [2.45, 2.75) is 19.3 Å². The molecule has 2 aliphatic rings. The third-order valence-corrected chi connectivity index (χ3v) is 5.40. The molecule has 0 aliphatic carbocycles. The molecule has 2 heterocycles. The Balaban J connectivity index is 2.01. The van der Waals surface area contributed by atoms with E-state index in [1.807, 2.05) is 36.4 Å². The molecule has 0 radical (unpaired) electrons. The van der Waals surface area contributed by atoms with Crippen molar-refractivity contribution in [3.05, 3.63) is 47.5 Å². The number of benzene rings is 2. The van der Waals surface area contributed by atoms with Crippen LogP contribution in [0.5, 0.6) is 11.5 Å². The highest BCUT2D eigenvalue weighted by atomic mass is 16.5. The van der Waals surface area contributed by atoms with E-state index in [9.17, 15) is 4.79 Å². The first kappa shape index (κ1) is 15.2. The summed E-state index contributed by atoms with van der Waals surface area (Å²) in [4.78, 5) is 13.0. The van der Waals surface area contributed by atoms with Gasteiger partial charge in [-0.2, -0.15) is 0 Å². The minimum atomic E-state index is 0.0969. The van der Waals surface area contributed by atoms with Crippen LogP contribution in [0.4, 0.5) is 11.4 Å². The SMILES string of the molecule is COc1ccc2c(c1)[N+]1(CCCCC1)c1cc(OC)ccc1C2=O. The van der Waals surface area contributed by atoms with Gasteiger partial charge in [0.2, 0.25) is 5.78 Å². The van der Waals surface area contributed by atoms with Crippen molar-refractivity contribution >= 4 is 17.2 Å². The second kappa shape index (κ2) is 5.64. The topological polar surface area (TPSA) is 35.5 Å². The number of fused-ring (bicyclic) bond motifs is 4. The lowest BCUT2D eigenvalue weighted by Crippen LogP contribution is -2.51. The molecule has 2 aliphatic heterocycles. The van der Waals surface area contributed by atoms with Crippen LogP contribution in [-0.2, 0) is 0 Å². The number of methoxy groups -OCH3 is 2. The summed E-state index contributed by atoms with van der Waals surface area (Å²) < 4.78 is 11.6. The van der Waals surface area contributed by atoms with E-state index in [0.717, 1.165) is 64.4 Å². The van der Waals surface area contributed by atoms with Gasteiger partial charge in [-0.25, -0.2) is 0 Å². The quantitative estimate of drug-likeness (QED) is 0.781. The summed E-state index contributed by atoms with van der Waals surface area (Å²) in [5.41, 5.74) is 3.74. The van der Waals surface area contributed by atoms with Gasteiger partial charge in [0.15, 0.2) is 11.4 Å². The van der Waals surface area contributed by atoms with Gasteiger partial charge in [0, 0.05) is 12.1 Å². The molecule has 0 bridgehead atoms. The number of hydrogen-bond donors (Lipinski definition) is 0. The lowest BCUT2D eigenvalue weighted by Gasteiger charge is -2.44. The first-order valence-corrected chi connectivity index (χ1v) is 8.48. The summed E-state index contributed by atoms with van der Waals surface area (Å²) in [6.45, 7) is 2.02. The number of nitrogens with zero attached hydrogens (tertiary/aromatic N) is 1. The Morgan fingerprint density at radius 2 is 1.29 bits per heavy atom. The molecule has 0 saturated carbocycles. The fourth-order valence-electron chi connectivity index (χ4n) is 4.18. The van der Waals surface area contributed by atoms with Crippen LogP contribution in [0.3, 0.4) is 0 Å². The van der Waals surface area contributed by atoms with Gasteiger partial charge in [0.05, 0.1) is 38.4 Å². The number of carbonyl (C=O) groups excluding carboxylic acids is 1. The second-order valence-corrected chi connectivity index (χ2v) is 6.57. The van der Waals surface area contributed by atoms with E-state index >= 15 is 0 Å². The predicted octanol–water partition coefficient (Wildman–Crippen LogP) is 4.07. The van der Waals surface area contributed by atoms with Crippen molar-refractivity contribution in [3.8, 4) is 11.5 Å². The van der Waals surface area contributed by atoms with Crippen LogP contribution in [0.2, 0.25) is 0 Å². The summed E-state index contributed by atoms with van der Waals surface area (Å²) in [6.07, 6.45) is 3.55. The number of rotatable bonds is 2. The monoisotopic (exact) mass is 324 g/mol.